The van der Waals surface area contributed by atoms with Crippen LogP contribution in [0.1, 0.15) is 29.9 Å². The smallest absolute Gasteiger partial charge is 0.255 e. The molecule has 0 atom stereocenters. The molecule has 6 heteroatoms. The lowest BCUT2D eigenvalue weighted by molar-refractivity contribution is 0.102. The molecule has 0 aliphatic rings. The lowest BCUT2D eigenvalue weighted by Gasteiger charge is -2.12. The number of carbonyl (C=O) groups excluding carboxylic acids is 1. The SMILES string of the molecule is COc1ccccc1-c1n[nH]c(CC(C)C)c1NC(=O)c1cccc(Cl)c1. The van der Waals surface area contributed by atoms with E-state index in [2.05, 4.69) is 29.4 Å². The summed E-state index contributed by atoms with van der Waals surface area (Å²) in [4.78, 5) is 12.8. The molecule has 0 spiro atoms. The average molecular weight is 384 g/mol. The van der Waals surface area contributed by atoms with Crippen molar-refractivity contribution >= 4 is 23.2 Å². The van der Waals surface area contributed by atoms with E-state index in [9.17, 15) is 4.79 Å². The highest BCUT2D eigenvalue weighted by molar-refractivity contribution is 6.31. The van der Waals surface area contributed by atoms with Crippen LogP contribution in [-0.2, 0) is 6.42 Å². The molecule has 2 N–H and O–H groups in total. The van der Waals surface area contributed by atoms with E-state index in [1.807, 2.05) is 24.3 Å². The van der Waals surface area contributed by atoms with Gasteiger partial charge in [-0.25, -0.2) is 0 Å². The molecule has 0 saturated heterocycles. The minimum absolute atomic E-state index is 0.236. The van der Waals surface area contributed by atoms with Gasteiger partial charge in [-0.3, -0.25) is 9.89 Å². The van der Waals surface area contributed by atoms with Gasteiger partial charge in [-0.2, -0.15) is 5.10 Å². The van der Waals surface area contributed by atoms with Crippen LogP contribution >= 0.6 is 11.6 Å². The molecule has 5 nitrogen and oxygen atoms in total. The number of aromatic nitrogens is 2. The number of para-hydroxylation sites is 1. The van der Waals surface area contributed by atoms with Crippen LogP contribution < -0.4 is 10.1 Å². The third-order valence-corrected chi connectivity index (χ3v) is 4.38. The number of ether oxygens (including phenoxy) is 1. The number of anilines is 1. The van der Waals surface area contributed by atoms with Gasteiger partial charge in [-0.1, -0.05) is 43.6 Å². The van der Waals surface area contributed by atoms with Crippen molar-refractivity contribution in [3.63, 3.8) is 0 Å². The van der Waals surface area contributed by atoms with Crippen LogP contribution in [0.5, 0.6) is 5.75 Å². The average Bonchev–Trinajstić information content (AvgIpc) is 3.03. The highest BCUT2D eigenvalue weighted by atomic mass is 35.5. The fourth-order valence-corrected chi connectivity index (χ4v) is 3.11. The summed E-state index contributed by atoms with van der Waals surface area (Å²) in [5.74, 6) is 0.858. The number of rotatable bonds is 6. The first kappa shape index (κ1) is 19.0. The van der Waals surface area contributed by atoms with Gasteiger partial charge in [0.15, 0.2) is 0 Å². The fourth-order valence-electron chi connectivity index (χ4n) is 2.92. The van der Waals surface area contributed by atoms with Crippen LogP contribution in [0.25, 0.3) is 11.3 Å². The molecule has 2 aromatic carbocycles. The summed E-state index contributed by atoms with van der Waals surface area (Å²) in [6.45, 7) is 4.23. The Bertz CT molecular complexity index is 950. The largest absolute Gasteiger partial charge is 0.496 e. The van der Waals surface area contributed by atoms with E-state index in [4.69, 9.17) is 16.3 Å². The number of H-pyrrole nitrogens is 1. The molecule has 3 rings (SSSR count). The molecule has 27 heavy (non-hydrogen) atoms. The number of nitrogens with zero attached hydrogens (tertiary/aromatic N) is 1. The monoisotopic (exact) mass is 383 g/mol. The fraction of sp³-hybridized carbons (Fsp3) is 0.238. The summed E-state index contributed by atoms with van der Waals surface area (Å²) in [7, 11) is 1.62. The number of hydrogen-bond acceptors (Lipinski definition) is 3. The third-order valence-electron chi connectivity index (χ3n) is 4.14. The van der Waals surface area contributed by atoms with Gasteiger partial charge in [0, 0.05) is 16.1 Å². The van der Waals surface area contributed by atoms with E-state index < -0.39 is 0 Å². The number of benzene rings is 2. The van der Waals surface area contributed by atoms with Gasteiger partial charge < -0.3 is 10.1 Å². The molecule has 0 aliphatic carbocycles. The van der Waals surface area contributed by atoms with E-state index >= 15 is 0 Å². The molecule has 0 bridgehead atoms. The predicted molar refractivity (Wildman–Crippen MR) is 109 cm³/mol. The number of nitrogens with one attached hydrogen (secondary N) is 2. The summed E-state index contributed by atoms with van der Waals surface area (Å²) >= 11 is 6.02. The zero-order valence-corrected chi connectivity index (χ0v) is 16.3. The van der Waals surface area contributed by atoms with Crippen molar-refractivity contribution < 1.29 is 9.53 Å². The molecule has 0 unspecified atom stereocenters. The molecule has 0 fully saturated rings. The first-order chi connectivity index (χ1) is 13.0. The van der Waals surface area contributed by atoms with Crippen LogP contribution in [0.4, 0.5) is 5.69 Å². The number of halogens is 1. The molecule has 1 amide bonds. The molecular weight excluding hydrogens is 362 g/mol. The Hall–Kier alpha value is -2.79. The lowest BCUT2D eigenvalue weighted by atomic mass is 10.0. The summed E-state index contributed by atoms with van der Waals surface area (Å²) in [6, 6.07) is 14.5. The van der Waals surface area contributed by atoms with Crippen molar-refractivity contribution in [1.29, 1.82) is 0 Å². The summed E-state index contributed by atoms with van der Waals surface area (Å²) in [5, 5.41) is 11.1. The minimum Gasteiger partial charge on any atom is -0.496 e. The molecule has 1 heterocycles. The van der Waals surface area contributed by atoms with Gasteiger partial charge in [0.25, 0.3) is 5.91 Å². The molecule has 0 saturated carbocycles. The molecular formula is C21H22ClN3O2. The van der Waals surface area contributed by atoms with E-state index in [0.29, 0.717) is 33.6 Å². The maximum atomic E-state index is 12.8. The van der Waals surface area contributed by atoms with Gasteiger partial charge in [-0.05, 0) is 42.7 Å². The Morgan fingerprint density at radius 2 is 2.00 bits per heavy atom. The zero-order chi connectivity index (χ0) is 19.4. The second-order valence-electron chi connectivity index (χ2n) is 6.69. The van der Waals surface area contributed by atoms with Crippen LogP contribution in [0.15, 0.2) is 48.5 Å². The first-order valence-corrected chi connectivity index (χ1v) is 9.15. The van der Waals surface area contributed by atoms with Crippen LogP contribution in [-0.4, -0.2) is 23.2 Å². The highest BCUT2D eigenvalue weighted by Gasteiger charge is 2.21. The maximum Gasteiger partial charge on any atom is 0.255 e. The van der Waals surface area contributed by atoms with Crippen molar-refractivity contribution in [2.24, 2.45) is 5.92 Å². The summed E-state index contributed by atoms with van der Waals surface area (Å²) in [5.41, 5.74) is 3.50. The standard InChI is InChI=1S/C21H22ClN3O2/c1-13(2)11-17-20(23-21(26)14-7-6-8-15(22)12-14)19(25-24-17)16-9-4-5-10-18(16)27-3/h4-10,12-13H,11H2,1-3H3,(H,23,26)(H,24,25). The maximum absolute atomic E-state index is 12.8. The molecule has 3 aromatic rings. The third kappa shape index (κ3) is 4.31. The van der Waals surface area contributed by atoms with Gasteiger partial charge in [0.1, 0.15) is 11.4 Å². The number of methoxy groups -OCH3 is 1. The van der Waals surface area contributed by atoms with E-state index in [0.717, 1.165) is 17.7 Å². The number of amides is 1. The predicted octanol–water partition coefficient (Wildman–Crippen LogP) is 5.19. The number of carbonyl (C=O) groups is 1. The minimum atomic E-state index is -0.236. The summed E-state index contributed by atoms with van der Waals surface area (Å²) < 4.78 is 5.47. The van der Waals surface area contributed by atoms with E-state index in [1.165, 1.54) is 0 Å². The van der Waals surface area contributed by atoms with E-state index in [-0.39, 0.29) is 5.91 Å². The van der Waals surface area contributed by atoms with Crippen LogP contribution in [0.3, 0.4) is 0 Å². The second-order valence-corrected chi connectivity index (χ2v) is 7.12. The number of hydrogen-bond donors (Lipinski definition) is 2. The Morgan fingerprint density at radius 3 is 2.70 bits per heavy atom. The normalized spacial score (nSPS) is 10.9. The van der Waals surface area contributed by atoms with Crippen LogP contribution in [0, 0.1) is 5.92 Å². The Kier molecular flexibility index (Phi) is 5.81. The van der Waals surface area contributed by atoms with Crippen molar-refractivity contribution in [2.75, 3.05) is 12.4 Å². The molecule has 0 aliphatic heterocycles. The molecule has 140 valence electrons. The Balaban J connectivity index is 2.03. The highest BCUT2D eigenvalue weighted by Crippen LogP contribution is 2.36. The van der Waals surface area contributed by atoms with Crippen molar-refractivity contribution in [3.8, 4) is 17.0 Å². The topological polar surface area (TPSA) is 67.0 Å². The van der Waals surface area contributed by atoms with Crippen molar-refractivity contribution in [2.45, 2.75) is 20.3 Å². The van der Waals surface area contributed by atoms with Crippen molar-refractivity contribution in [3.05, 3.63) is 64.8 Å². The number of aromatic amines is 1. The Labute approximate surface area is 163 Å². The first-order valence-electron chi connectivity index (χ1n) is 8.77. The van der Waals surface area contributed by atoms with E-state index in [1.54, 1.807) is 31.4 Å². The lowest BCUT2D eigenvalue weighted by Crippen LogP contribution is -2.14. The molecule has 0 radical (unpaired) electrons. The van der Waals surface area contributed by atoms with Gasteiger partial charge in [0.05, 0.1) is 18.5 Å². The van der Waals surface area contributed by atoms with Gasteiger partial charge in [0.2, 0.25) is 0 Å². The van der Waals surface area contributed by atoms with Gasteiger partial charge in [-0.15, -0.1) is 0 Å². The zero-order valence-electron chi connectivity index (χ0n) is 15.5. The second kappa shape index (κ2) is 8.27. The van der Waals surface area contributed by atoms with Crippen LogP contribution in [0.2, 0.25) is 5.02 Å². The summed E-state index contributed by atoms with van der Waals surface area (Å²) in [6.07, 6.45) is 0.757. The Morgan fingerprint density at radius 1 is 1.22 bits per heavy atom. The molecule has 1 aromatic heterocycles. The van der Waals surface area contributed by atoms with Gasteiger partial charge >= 0.3 is 0 Å². The van der Waals surface area contributed by atoms with Crippen molar-refractivity contribution in [1.82, 2.24) is 10.2 Å². The quantitative estimate of drug-likeness (QED) is 0.615.